The Bertz CT molecular complexity index is 398. The van der Waals surface area contributed by atoms with Crippen molar-refractivity contribution in [2.24, 2.45) is 5.73 Å². The zero-order valence-corrected chi connectivity index (χ0v) is 10.1. The third-order valence-electron chi connectivity index (χ3n) is 1.94. The monoisotopic (exact) mass is 239 g/mol. The third-order valence-corrected chi connectivity index (χ3v) is 1.94. The van der Waals surface area contributed by atoms with Gasteiger partial charge in [0.25, 0.3) is 0 Å². The van der Waals surface area contributed by atoms with Gasteiger partial charge in [0, 0.05) is 5.56 Å². The number of carbonyl (C=O) groups excluding carboxylic acids is 1. The minimum Gasteiger partial charge on any atom is -0.456 e. The van der Waals surface area contributed by atoms with Crippen molar-refractivity contribution in [3.63, 3.8) is 0 Å². The minimum absolute atomic E-state index is 0.102. The number of hydrogen-bond acceptors (Lipinski definition) is 5. The third kappa shape index (κ3) is 4.14. The number of hydrogen-bond donors (Lipinski definition) is 3. The van der Waals surface area contributed by atoms with Crippen LogP contribution in [-0.4, -0.2) is 21.8 Å². The Labute approximate surface area is 99.8 Å². The van der Waals surface area contributed by atoms with Gasteiger partial charge in [-0.05, 0) is 32.9 Å². The van der Waals surface area contributed by atoms with Crippen LogP contribution < -0.4 is 5.73 Å². The standard InChI is InChI=1S/C12H17NO4/c1-11(2,3)17-10(14)8-4-6-9(7-5-8)12(13,15)16/h4-7,15-16H,13H2,1-3H3. The highest BCUT2D eigenvalue weighted by Crippen LogP contribution is 2.16. The fraction of sp³-hybridized carbons (Fsp3) is 0.417. The van der Waals surface area contributed by atoms with Gasteiger partial charge in [0.05, 0.1) is 5.56 Å². The summed E-state index contributed by atoms with van der Waals surface area (Å²) in [6.45, 7) is 5.31. The van der Waals surface area contributed by atoms with Gasteiger partial charge in [-0.15, -0.1) is 0 Å². The molecule has 0 fully saturated rings. The van der Waals surface area contributed by atoms with E-state index in [2.05, 4.69) is 0 Å². The van der Waals surface area contributed by atoms with E-state index in [-0.39, 0.29) is 5.56 Å². The van der Waals surface area contributed by atoms with Gasteiger partial charge in [-0.1, -0.05) is 12.1 Å². The minimum atomic E-state index is -2.40. The number of ether oxygens (including phenoxy) is 1. The fourth-order valence-electron chi connectivity index (χ4n) is 1.19. The van der Waals surface area contributed by atoms with E-state index < -0.39 is 17.5 Å². The van der Waals surface area contributed by atoms with Crippen LogP contribution in [0.3, 0.4) is 0 Å². The number of aliphatic hydroxyl groups is 2. The van der Waals surface area contributed by atoms with Crippen molar-refractivity contribution in [1.29, 1.82) is 0 Å². The molecule has 0 saturated heterocycles. The van der Waals surface area contributed by atoms with E-state index in [0.29, 0.717) is 5.56 Å². The highest BCUT2D eigenvalue weighted by atomic mass is 16.6. The molecule has 0 amide bonds. The summed E-state index contributed by atoms with van der Waals surface area (Å²) >= 11 is 0. The summed E-state index contributed by atoms with van der Waals surface area (Å²) in [5, 5.41) is 18.2. The topological polar surface area (TPSA) is 92.8 Å². The fourth-order valence-corrected chi connectivity index (χ4v) is 1.19. The molecule has 94 valence electrons. The van der Waals surface area contributed by atoms with E-state index in [0.717, 1.165) is 0 Å². The van der Waals surface area contributed by atoms with Crippen LogP contribution in [0.25, 0.3) is 0 Å². The lowest BCUT2D eigenvalue weighted by atomic mass is 10.1. The van der Waals surface area contributed by atoms with Crippen LogP contribution in [0, 0.1) is 0 Å². The van der Waals surface area contributed by atoms with E-state index in [1.54, 1.807) is 20.8 Å². The Kier molecular flexibility index (Phi) is 3.56. The van der Waals surface area contributed by atoms with Gasteiger partial charge in [-0.25, -0.2) is 4.79 Å². The Hall–Kier alpha value is -1.43. The van der Waals surface area contributed by atoms with Crippen LogP contribution in [0.1, 0.15) is 36.7 Å². The van der Waals surface area contributed by atoms with Crippen LogP contribution in [0.15, 0.2) is 24.3 Å². The summed E-state index contributed by atoms with van der Waals surface area (Å²) in [6.07, 6.45) is 0. The molecule has 0 aromatic heterocycles. The average Bonchev–Trinajstić information content (AvgIpc) is 2.14. The second-order valence-corrected chi connectivity index (χ2v) is 4.81. The lowest BCUT2D eigenvalue weighted by molar-refractivity contribution is -0.163. The van der Waals surface area contributed by atoms with Gasteiger partial charge >= 0.3 is 5.97 Å². The van der Waals surface area contributed by atoms with E-state index >= 15 is 0 Å². The maximum atomic E-state index is 11.6. The first-order valence-corrected chi connectivity index (χ1v) is 5.17. The quantitative estimate of drug-likeness (QED) is 0.521. The van der Waals surface area contributed by atoms with E-state index in [4.69, 9.17) is 20.7 Å². The second-order valence-electron chi connectivity index (χ2n) is 4.81. The number of carbonyl (C=O) groups is 1. The number of rotatable bonds is 2. The molecule has 0 unspecified atom stereocenters. The smallest absolute Gasteiger partial charge is 0.338 e. The Balaban J connectivity index is 2.85. The highest BCUT2D eigenvalue weighted by Gasteiger charge is 2.21. The molecule has 0 heterocycles. The van der Waals surface area contributed by atoms with E-state index in [1.165, 1.54) is 24.3 Å². The predicted molar refractivity (Wildman–Crippen MR) is 61.9 cm³/mol. The summed E-state index contributed by atoms with van der Waals surface area (Å²) in [6, 6.07) is 5.58. The first-order chi connectivity index (χ1) is 7.59. The van der Waals surface area contributed by atoms with Crippen LogP contribution in [0.2, 0.25) is 0 Å². The van der Waals surface area contributed by atoms with Gasteiger partial charge in [-0.3, -0.25) is 5.73 Å². The molecule has 0 aliphatic heterocycles. The van der Waals surface area contributed by atoms with Gasteiger partial charge in [0.2, 0.25) is 5.91 Å². The molecule has 0 radical (unpaired) electrons. The van der Waals surface area contributed by atoms with Gasteiger partial charge in [0.15, 0.2) is 0 Å². The Morgan fingerprint density at radius 2 is 1.65 bits per heavy atom. The molecule has 0 spiro atoms. The van der Waals surface area contributed by atoms with Crippen molar-refractivity contribution < 1.29 is 19.7 Å². The molecule has 5 heteroatoms. The normalized spacial score (nSPS) is 12.4. The SMILES string of the molecule is CC(C)(C)OC(=O)c1ccc(C(N)(O)O)cc1. The first kappa shape index (κ1) is 13.6. The molecule has 0 aliphatic rings. The lowest BCUT2D eigenvalue weighted by Gasteiger charge is -2.20. The van der Waals surface area contributed by atoms with Crippen molar-refractivity contribution in [2.45, 2.75) is 32.3 Å². The Morgan fingerprint density at radius 3 is 2.00 bits per heavy atom. The molecule has 0 bridgehead atoms. The molecule has 0 aliphatic carbocycles. The van der Waals surface area contributed by atoms with Crippen LogP contribution in [0.4, 0.5) is 0 Å². The van der Waals surface area contributed by atoms with E-state index in [9.17, 15) is 4.79 Å². The van der Waals surface area contributed by atoms with Gasteiger partial charge in [0.1, 0.15) is 5.60 Å². The zero-order valence-electron chi connectivity index (χ0n) is 10.1. The second kappa shape index (κ2) is 4.44. The van der Waals surface area contributed by atoms with E-state index in [1.807, 2.05) is 0 Å². The van der Waals surface area contributed by atoms with Crippen molar-refractivity contribution in [3.05, 3.63) is 35.4 Å². The summed E-state index contributed by atoms with van der Waals surface area (Å²) in [4.78, 5) is 11.6. The summed E-state index contributed by atoms with van der Waals surface area (Å²) in [5.74, 6) is -2.87. The summed E-state index contributed by atoms with van der Waals surface area (Å²) < 4.78 is 5.15. The molecule has 4 N–H and O–H groups in total. The summed E-state index contributed by atoms with van der Waals surface area (Å²) in [7, 11) is 0. The molecule has 0 atom stereocenters. The molecule has 1 aromatic rings. The maximum absolute atomic E-state index is 11.6. The van der Waals surface area contributed by atoms with Crippen LogP contribution in [-0.2, 0) is 10.6 Å². The number of esters is 1. The highest BCUT2D eigenvalue weighted by molar-refractivity contribution is 5.89. The first-order valence-electron chi connectivity index (χ1n) is 5.17. The molecular weight excluding hydrogens is 222 g/mol. The predicted octanol–water partition coefficient (Wildman–Crippen LogP) is 0.696. The van der Waals surface area contributed by atoms with Crippen molar-refractivity contribution in [3.8, 4) is 0 Å². The molecule has 0 saturated carbocycles. The average molecular weight is 239 g/mol. The van der Waals surface area contributed by atoms with Crippen molar-refractivity contribution in [1.82, 2.24) is 0 Å². The van der Waals surface area contributed by atoms with Crippen molar-refractivity contribution >= 4 is 5.97 Å². The number of benzene rings is 1. The number of nitrogens with two attached hydrogens (primary N) is 1. The van der Waals surface area contributed by atoms with Crippen molar-refractivity contribution in [2.75, 3.05) is 0 Å². The zero-order chi connectivity index (χ0) is 13.3. The van der Waals surface area contributed by atoms with Crippen LogP contribution >= 0.6 is 0 Å². The van der Waals surface area contributed by atoms with Gasteiger partial charge in [-0.2, -0.15) is 0 Å². The van der Waals surface area contributed by atoms with Crippen LogP contribution in [0.5, 0.6) is 0 Å². The Morgan fingerprint density at radius 1 is 1.18 bits per heavy atom. The lowest BCUT2D eigenvalue weighted by Crippen LogP contribution is -2.35. The molecule has 17 heavy (non-hydrogen) atoms. The largest absolute Gasteiger partial charge is 0.456 e. The molecule has 5 nitrogen and oxygen atoms in total. The molecule has 1 rings (SSSR count). The molecular formula is C12H17NO4. The van der Waals surface area contributed by atoms with Gasteiger partial charge < -0.3 is 14.9 Å². The maximum Gasteiger partial charge on any atom is 0.338 e. The summed E-state index contributed by atoms with van der Waals surface area (Å²) in [5.41, 5.74) is 4.94. The molecule has 1 aromatic carbocycles.